The summed E-state index contributed by atoms with van der Waals surface area (Å²) >= 11 is 6.26. The van der Waals surface area contributed by atoms with E-state index >= 15 is 0 Å². The highest BCUT2D eigenvalue weighted by atomic mass is 35.5. The number of carbonyl (C=O) groups excluding carboxylic acids is 3. The molecule has 11 nitrogen and oxygen atoms in total. The van der Waals surface area contributed by atoms with Crippen molar-refractivity contribution in [2.45, 2.75) is 31.3 Å². The van der Waals surface area contributed by atoms with Crippen molar-refractivity contribution in [3.8, 4) is 11.5 Å². The Morgan fingerprint density at radius 2 is 1.95 bits per heavy atom. The molecule has 4 unspecified atom stereocenters. The molecule has 12 heteroatoms. The highest BCUT2D eigenvalue weighted by Crippen LogP contribution is 2.52. The van der Waals surface area contributed by atoms with Crippen molar-refractivity contribution in [3.05, 3.63) is 52.5 Å². The number of imide groups is 1. The smallest absolute Gasteiger partial charge is 0.324 e. The molecule has 0 spiro atoms. The van der Waals surface area contributed by atoms with Gasteiger partial charge in [0, 0.05) is 17.6 Å². The van der Waals surface area contributed by atoms with E-state index in [2.05, 4.69) is 10.6 Å². The predicted octanol–water partition coefficient (Wildman–Crippen LogP) is 2.08. The molecule has 37 heavy (non-hydrogen) atoms. The molecule has 0 radical (unpaired) electrons. The first-order valence-corrected chi connectivity index (χ1v) is 11.9. The summed E-state index contributed by atoms with van der Waals surface area (Å²) in [5.41, 5.74) is 4.76. The van der Waals surface area contributed by atoms with Crippen LogP contribution in [0.5, 0.6) is 11.5 Å². The summed E-state index contributed by atoms with van der Waals surface area (Å²) in [6.45, 7) is 1.86. The molecule has 2 aromatic rings. The summed E-state index contributed by atoms with van der Waals surface area (Å²) in [6.07, 6.45) is 0.103. The summed E-state index contributed by atoms with van der Waals surface area (Å²) in [4.78, 5) is 52.5. The third-order valence-electron chi connectivity index (χ3n) is 7.06. The first-order valence-electron chi connectivity index (χ1n) is 11.6. The van der Waals surface area contributed by atoms with E-state index in [1.165, 1.54) is 25.3 Å². The van der Waals surface area contributed by atoms with Gasteiger partial charge in [0.25, 0.3) is 0 Å². The lowest BCUT2D eigenvalue weighted by atomic mass is 9.77. The fourth-order valence-corrected chi connectivity index (χ4v) is 5.44. The molecule has 0 saturated carbocycles. The fourth-order valence-electron chi connectivity index (χ4n) is 5.26. The van der Waals surface area contributed by atoms with Crippen molar-refractivity contribution in [1.29, 1.82) is 0 Å². The van der Waals surface area contributed by atoms with E-state index in [4.69, 9.17) is 22.1 Å². The monoisotopic (exact) mass is 530 g/mol. The third-order valence-corrected chi connectivity index (χ3v) is 7.47. The summed E-state index contributed by atoms with van der Waals surface area (Å²) in [5.74, 6) is -4.86. The van der Waals surface area contributed by atoms with Gasteiger partial charge in [0.15, 0.2) is 11.5 Å². The standard InChI is InChI=1S/C25H27ClN4O7/c1-12-4-6-14(11-15(12)26)30-21(32)18-19(22(30)33)25(23(34)35,8-3-9-28-24(27)36)29-20(18)13-5-7-16(31)17(10-13)37-2/h4-7,10-11,18-20,29,31H,3,8-9H2,1-2H3,(H,34,35)(H3,27,28,36). The van der Waals surface area contributed by atoms with Crippen LogP contribution in [0.3, 0.4) is 0 Å². The lowest BCUT2D eigenvalue weighted by Crippen LogP contribution is -2.56. The number of primary amides is 1. The van der Waals surface area contributed by atoms with Gasteiger partial charge in [0.1, 0.15) is 5.54 Å². The number of phenols is 1. The van der Waals surface area contributed by atoms with Gasteiger partial charge < -0.3 is 26.0 Å². The zero-order valence-electron chi connectivity index (χ0n) is 20.2. The summed E-state index contributed by atoms with van der Waals surface area (Å²) in [7, 11) is 1.37. The highest BCUT2D eigenvalue weighted by molar-refractivity contribution is 6.32. The van der Waals surface area contributed by atoms with Crippen LogP contribution in [0.2, 0.25) is 5.02 Å². The second-order valence-corrected chi connectivity index (χ2v) is 9.58. The predicted molar refractivity (Wildman–Crippen MR) is 133 cm³/mol. The molecule has 2 fully saturated rings. The van der Waals surface area contributed by atoms with Gasteiger partial charge in [-0.05, 0) is 55.2 Å². The van der Waals surface area contributed by atoms with Crippen molar-refractivity contribution < 1.29 is 34.1 Å². The average molecular weight is 531 g/mol. The van der Waals surface area contributed by atoms with Crippen LogP contribution < -0.4 is 26.0 Å². The maximum atomic E-state index is 13.8. The van der Waals surface area contributed by atoms with Gasteiger partial charge in [-0.25, -0.2) is 9.69 Å². The number of hydrogen-bond donors (Lipinski definition) is 5. The van der Waals surface area contributed by atoms with E-state index in [-0.39, 0.29) is 36.6 Å². The zero-order valence-corrected chi connectivity index (χ0v) is 20.9. The minimum atomic E-state index is -1.82. The normalized spacial score (nSPS) is 24.7. The number of fused-ring (bicyclic) bond motifs is 1. The number of anilines is 1. The van der Waals surface area contributed by atoms with E-state index in [9.17, 15) is 29.4 Å². The number of aromatic hydroxyl groups is 1. The molecule has 2 aliphatic heterocycles. The minimum absolute atomic E-state index is 0.0724. The lowest BCUT2D eigenvalue weighted by molar-refractivity contribution is -0.149. The number of methoxy groups -OCH3 is 1. The topological polar surface area (TPSA) is 171 Å². The van der Waals surface area contributed by atoms with Gasteiger partial charge >= 0.3 is 12.0 Å². The van der Waals surface area contributed by atoms with Gasteiger partial charge in [-0.2, -0.15) is 0 Å². The van der Waals surface area contributed by atoms with Gasteiger partial charge in [-0.15, -0.1) is 0 Å². The largest absolute Gasteiger partial charge is 0.504 e. The number of carboxylic acid groups (broad SMARTS) is 1. The Labute approximate surface area is 217 Å². The first kappa shape index (κ1) is 26.2. The molecule has 2 saturated heterocycles. The zero-order chi connectivity index (χ0) is 27.1. The molecule has 0 bridgehead atoms. The Hall–Kier alpha value is -3.83. The molecule has 2 aliphatic rings. The Morgan fingerprint density at radius 3 is 2.57 bits per heavy atom. The number of nitrogens with zero attached hydrogens (tertiary/aromatic N) is 1. The number of phenolic OH excluding ortho intramolecular Hbond substituents is 1. The second kappa shape index (κ2) is 9.91. The van der Waals surface area contributed by atoms with Crippen LogP contribution in [0.15, 0.2) is 36.4 Å². The maximum absolute atomic E-state index is 13.8. The number of ether oxygens (including phenoxy) is 1. The van der Waals surface area contributed by atoms with Crippen molar-refractivity contribution in [1.82, 2.24) is 10.6 Å². The van der Waals surface area contributed by atoms with E-state index in [0.717, 1.165) is 10.5 Å². The molecule has 2 aromatic carbocycles. The summed E-state index contributed by atoms with van der Waals surface area (Å²) < 4.78 is 5.20. The van der Waals surface area contributed by atoms with Crippen LogP contribution in [0.4, 0.5) is 10.5 Å². The van der Waals surface area contributed by atoms with E-state index in [1.807, 2.05) is 0 Å². The minimum Gasteiger partial charge on any atom is -0.504 e. The number of halogens is 1. The van der Waals surface area contributed by atoms with Crippen LogP contribution in [0.1, 0.15) is 30.0 Å². The number of hydrogen-bond acceptors (Lipinski definition) is 7. The summed E-state index contributed by atoms with van der Waals surface area (Å²) in [6, 6.07) is 7.53. The fraction of sp³-hybridized carbons (Fsp3) is 0.360. The molecule has 4 amide bonds. The molecule has 4 rings (SSSR count). The number of nitrogens with one attached hydrogen (secondary N) is 2. The molecule has 0 aliphatic carbocycles. The number of carbonyl (C=O) groups is 4. The number of nitrogens with two attached hydrogens (primary N) is 1. The molecule has 6 N–H and O–H groups in total. The number of aliphatic carboxylic acids is 1. The highest BCUT2D eigenvalue weighted by Gasteiger charge is 2.68. The van der Waals surface area contributed by atoms with Crippen molar-refractivity contribution in [3.63, 3.8) is 0 Å². The number of amides is 4. The van der Waals surface area contributed by atoms with E-state index in [1.54, 1.807) is 25.1 Å². The first-order chi connectivity index (χ1) is 17.5. The molecule has 2 heterocycles. The van der Waals surface area contributed by atoms with E-state index < -0.39 is 47.2 Å². The van der Waals surface area contributed by atoms with Crippen LogP contribution in [-0.2, 0) is 14.4 Å². The molecule has 196 valence electrons. The number of carboxylic acids is 1. The maximum Gasteiger partial charge on any atom is 0.324 e. The molecule has 0 aromatic heterocycles. The van der Waals surface area contributed by atoms with Crippen LogP contribution >= 0.6 is 11.6 Å². The van der Waals surface area contributed by atoms with Crippen LogP contribution in [0, 0.1) is 18.8 Å². The van der Waals surface area contributed by atoms with Gasteiger partial charge in [0.05, 0.1) is 24.6 Å². The Balaban J connectivity index is 1.81. The number of rotatable bonds is 8. The van der Waals surface area contributed by atoms with Gasteiger partial charge in [0.2, 0.25) is 11.8 Å². The van der Waals surface area contributed by atoms with Crippen molar-refractivity contribution in [2.24, 2.45) is 17.6 Å². The number of aryl methyl sites for hydroxylation is 1. The van der Waals surface area contributed by atoms with Crippen LogP contribution in [0.25, 0.3) is 0 Å². The number of benzene rings is 2. The SMILES string of the molecule is COc1cc(C2NC(CCCNC(N)=O)(C(=O)O)C3C(=O)N(c4ccc(C)c(Cl)c4)C(=O)C23)ccc1O. The Morgan fingerprint density at radius 1 is 1.22 bits per heavy atom. The van der Waals surface area contributed by atoms with Crippen molar-refractivity contribution in [2.75, 3.05) is 18.6 Å². The lowest BCUT2D eigenvalue weighted by Gasteiger charge is -2.31. The molecular formula is C25H27ClN4O7. The van der Waals surface area contributed by atoms with Gasteiger partial charge in [-0.1, -0.05) is 23.7 Å². The third kappa shape index (κ3) is 4.44. The number of urea groups is 1. The second-order valence-electron chi connectivity index (χ2n) is 9.17. The van der Waals surface area contributed by atoms with Crippen molar-refractivity contribution >= 4 is 41.1 Å². The van der Waals surface area contributed by atoms with Crippen LogP contribution in [-0.4, -0.2) is 53.2 Å². The Bertz CT molecular complexity index is 1290. The van der Waals surface area contributed by atoms with E-state index in [0.29, 0.717) is 10.6 Å². The molecule has 4 atom stereocenters. The Kier molecular flexibility index (Phi) is 7.03. The summed E-state index contributed by atoms with van der Waals surface area (Å²) in [5, 5.41) is 26.3. The van der Waals surface area contributed by atoms with Gasteiger partial charge in [-0.3, -0.25) is 19.7 Å². The molecular weight excluding hydrogens is 504 g/mol. The average Bonchev–Trinajstić information content (AvgIpc) is 3.33. The quantitative estimate of drug-likeness (QED) is 0.255.